The molecule has 0 bridgehead atoms. The number of halogens is 1. The van der Waals surface area contributed by atoms with Gasteiger partial charge in [0.05, 0.1) is 17.8 Å². The van der Waals surface area contributed by atoms with E-state index < -0.39 is 5.67 Å². The number of hydrogen-bond acceptors (Lipinski definition) is 4. The summed E-state index contributed by atoms with van der Waals surface area (Å²) in [5, 5.41) is 7.17. The van der Waals surface area contributed by atoms with Crippen LogP contribution in [-0.4, -0.2) is 31.8 Å². The van der Waals surface area contributed by atoms with Crippen LogP contribution in [0.2, 0.25) is 0 Å². The summed E-state index contributed by atoms with van der Waals surface area (Å²) < 4.78 is 15.5. The Kier molecular flexibility index (Phi) is 3.33. The summed E-state index contributed by atoms with van der Waals surface area (Å²) in [4.78, 5) is 8.74. The van der Waals surface area contributed by atoms with Gasteiger partial charge < -0.3 is 5.32 Å². The lowest BCUT2D eigenvalue weighted by Gasteiger charge is -2.12. The molecule has 0 atom stereocenters. The number of aryl methyl sites for hydroxylation is 1. The molecule has 0 unspecified atom stereocenters. The van der Waals surface area contributed by atoms with Crippen molar-refractivity contribution in [3.05, 3.63) is 60.2 Å². The minimum absolute atomic E-state index is 0.268. The summed E-state index contributed by atoms with van der Waals surface area (Å²) in [6.07, 6.45) is 6.63. The number of fused-ring (bicyclic) bond motifs is 1. The SMILES string of the molecule is C=C(c1ccn2nccc2c1)c1cnc(NCC2(F)CC2)nc1C. The number of hydrogen-bond donors (Lipinski definition) is 1. The van der Waals surface area contributed by atoms with Gasteiger partial charge in [0.1, 0.15) is 5.67 Å². The molecular formula is C18H18FN5. The molecule has 3 heterocycles. The van der Waals surface area contributed by atoms with E-state index >= 15 is 0 Å². The third-order valence-electron chi connectivity index (χ3n) is 4.41. The van der Waals surface area contributed by atoms with E-state index in [0.717, 1.165) is 27.9 Å². The van der Waals surface area contributed by atoms with Crippen LogP contribution in [0.3, 0.4) is 0 Å². The Morgan fingerprint density at radius 2 is 2.25 bits per heavy atom. The molecule has 1 aliphatic carbocycles. The maximum absolute atomic E-state index is 13.7. The van der Waals surface area contributed by atoms with E-state index in [9.17, 15) is 4.39 Å². The maximum Gasteiger partial charge on any atom is 0.222 e. The largest absolute Gasteiger partial charge is 0.351 e. The van der Waals surface area contributed by atoms with Crippen LogP contribution in [0.15, 0.2) is 43.4 Å². The molecule has 6 heteroatoms. The Bertz CT molecular complexity index is 926. The Labute approximate surface area is 139 Å². The molecule has 0 aliphatic heterocycles. The number of nitrogens with zero attached hydrogens (tertiary/aromatic N) is 4. The van der Waals surface area contributed by atoms with Crippen molar-refractivity contribution in [1.82, 2.24) is 19.6 Å². The normalized spacial score (nSPS) is 15.4. The van der Waals surface area contributed by atoms with Crippen LogP contribution >= 0.6 is 0 Å². The molecule has 1 fully saturated rings. The van der Waals surface area contributed by atoms with Crippen molar-refractivity contribution < 1.29 is 4.39 Å². The van der Waals surface area contributed by atoms with Crippen LogP contribution < -0.4 is 5.32 Å². The van der Waals surface area contributed by atoms with Crippen molar-refractivity contribution >= 4 is 17.0 Å². The summed E-state index contributed by atoms with van der Waals surface area (Å²) in [5.41, 5.74) is 3.48. The topological polar surface area (TPSA) is 55.1 Å². The third kappa shape index (κ3) is 2.75. The van der Waals surface area contributed by atoms with E-state index in [4.69, 9.17) is 0 Å². The van der Waals surface area contributed by atoms with Gasteiger partial charge in [0.2, 0.25) is 5.95 Å². The number of nitrogens with one attached hydrogen (secondary N) is 1. The van der Waals surface area contributed by atoms with Gasteiger partial charge in [-0.25, -0.2) is 18.9 Å². The lowest BCUT2D eigenvalue weighted by molar-refractivity contribution is 0.326. The van der Waals surface area contributed by atoms with Crippen LogP contribution in [0.5, 0.6) is 0 Å². The molecule has 0 spiro atoms. The van der Waals surface area contributed by atoms with E-state index in [1.807, 2.05) is 31.3 Å². The Morgan fingerprint density at radius 1 is 1.42 bits per heavy atom. The summed E-state index contributed by atoms with van der Waals surface area (Å²) >= 11 is 0. The van der Waals surface area contributed by atoms with E-state index in [-0.39, 0.29) is 6.54 Å². The van der Waals surface area contributed by atoms with Crippen molar-refractivity contribution in [2.45, 2.75) is 25.4 Å². The average Bonchev–Trinajstić information content (AvgIpc) is 3.13. The fourth-order valence-corrected chi connectivity index (χ4v) is 2.66. The van der Waals surface area contributed by atoms with Crippen LogP contribution in [0, 0.1) is 6.92 Å². The van der Waals surface area contributed by atoms with Crippen LogP contribution in [0.4, 0.5) is 10.3 Å². The lowest BCUT2D eigenvalue weighted by Crippen LogP contribution is -2.18. The van der Waals surface area contributed by atoms with Gasteiger partial charge in [0.25, 0.3) is 0 Å². The van der Waals surface area contributed by atoms with Crippen molar-refractivity contribution in [2.75, 3.05) is 11.9 Å². The van der Waals surface area contributed by atoms with Crippen LogP contribution in [-0.2, 0) is 0 Å². The van der Waals surface area contributed by atoms with Crippen molar-refractivity contribution in [3.8, 4) is 0 Å². The van der Waals surface area contributed by atoms with Gasteiger partial charge in [-0.15, -0.1) is 0 Å². The monoisotopic (exact) mass is 323 g/mol. The first-order chi connectivity index (χ1) is 11.5. The molecule has 1 saturated carbocycles. The molecule has 1 aliphatic rings. The van der Waals surface area contributed by atoms with Gasteiger partial charge in [-0.05, 0) is 49.1 Å². The smallest absolute Gasteiger partial charge is 0.222 e. The number of rotatable bonds is 5. The van der Waals surface area contributed by atoms with Gasteiger partial charge in [0, 0.05) is 24.2 Å². The van der Waals surface area contributed by atoms with Crippen LogP contribution in [0.25, 0.3) is 11.1 Å². The molecule has 0 saturated heterocycles. The third-order valence-corrected chi connectivity index (χ3v) is 4.41. The standard InChI is InChI=1S/C18H18FN5/c1-12(14-4-8-24-15(9-14)3-7-22-24)16-10-20-17(23-13(16)2)21-11-18(19)5-6-18/h3-4,7-10H,1,5-6,11H2,2H3,(H,20,21,23). The lowest BCUT2D eigenvalue weighted by atomic mass is 10.0. The quantitative estimate of drug-likeness (QED) is 0.782. The first kappa shape index (κ1) is 14.8. The molecule has 3 aromatic heterocycles. The van der Waals surface area contributed by atoms with Gasteiger partial charge in [0.15, 0.2) is 0 Å². The second-order valence-corrected chi connectivity index (χ2v) is 6.29. The summed E-state index contributed by atoms with van der Waals surface area (Å²) in [6.45, 7) is 6.36. The van der Waals surface area contributed by atoms with Crippen molar-refractivity contribution in [1.29, 1.82) is 0 Å². The van der Waals surface area contributed by atoms with Gasteiger partial charge in [-0.3, -0.25) is 0 Å². The zero-order chi connectivity index (χ0) is 16.7. The zero-order valence-electron chi connectivity index (χ0n) is 13.5. The Morgan fingerprint density at radius 3 is 3.00 bits per heavy atom. The van der Waals surface area contributed by atoms with E-state index in [2.05, 4.69) is 27.0 Å². The maximum atomic E-state index is 13.7. The fraction of sp³-hybridized carbons (Fsp3) is 0.278. The minimum Gasteiger partial charge on any atom is -0.351 e. The van der Waals surface area contributed by atoms with E-state index in [0.29, 0.717) is 18.8 Å². The summed E-state index contributed by atoms with van der Waals surface area (Å²) in [6, 6.07) is 5.94. The second kappa shape index (κ2) is 5.40. The fourth-order valence-electron chi connectivity index (χ4n) is 2.66. The molecule has 24 heavy (non-hydrogen) atoms. The van der Waals surface area contributed by atoms with E-state index in [1.54, 1.807) is 16.9 Å². The molecule has 3 aromatic rings. The molecule has 0 amide bonds. The van der Waals surface area contributed by atoms with Crippen LogP contribution in [0.1, 0.15) is 29.7 Å². The Balaban J connectivity index is 1.57. The average molecular weight is 323 g/mol. The Hall–Kier alpha value is -2.76. The molecular weight excluding hydrogens is 305 g/mol. The van der Waals surface area contributed by atoms with Crippen molar-refractivity contribution in [2.24, 2.45) is 0 Å². The highest BCUT2D eigenvalue weighted by molar-refractivity contribution is 5.80. The van der Waals surface area contributed by atoms with Crippen molar-refractivity contribution in [3.63, 3.8) is 0 Å². The highest BCUT2D eigenvalue weighted by atomic mass is 19.1. The molecule has 1 N–H and O–H groups in total. The first-order valence-corrected chi connectivity index (χ1v) is 7.94. The van der Waals surface area contributed by atoms with Gasteiger partial charge in [-0.1, -0.05) is 6.58 Å². The summed E-state index contributed by atoms with van der Waals surface area (Å²) in [5.74, 6) is 0.458. The minimum atomic E-state index is -1.07. The molecule has 122 valence electrons. The van der Waals surface area contributed by atoms with Gasteiger partial charge >= 0.3 is 0 Å². The highest BCUT2D eigenvalue weighted by Crippen LogP contribution is 2.39. The highest BCUT2D eigenvalue weighted by Gasteiger charge is 2.43. The number of pyridine rings is 1. The molecule has 4 rings (SSSR count). The second-order valence-electron chi connectivity index (χ2n) is 6.29. The number of aromatic nitrogens is 4. The number of alkyl halides is 1. The van der Waals surface area contributed by atoms with Gasteiger partial charge in [-0.2, -0.15) is 5.10 Å². The summed E-state index contributed by atoms with van der Waals surface area (Å²) in [7, 11) is 0. The first-order valence-electron chi connectivity index (χ1n) is 7.94. The number of anilines is 1. The predicted molar refractivity (Wildman–Crippen MR) is 91.7 cm³/mol. The molecule has 0 radical (unpaired) electrons. The molecule has 5 nitrogen and oxygen atoms in total. The van der Waals surface area contributed by atoms with E-state index in [1.165, 1.54) is 0 Å². The molecule has 0 aromatic carbocycles. The predicted octanol–water partition coefficient (Wildman–Crippen LogP) is 3.41. The zero-order valence-corrected chi connectivity index (χ0v) is 13.5.